The van der Waals surface area contributed by atoms with Crippen LogP contribution in [-0.4, -0.2) is 11.1 Å². The number of carbonyl (C=O) groups is 1. The first-order valence-corrected chi connectivity index (χ1v) is 4.50. The van der Waals surface area contributed by atoms with Crippen molar-refractivity contribution in [2.24, 2.45) is 0 Å². The van der Waals surface area contributed by atoms with Gasteiger partial charge in [0.2, 0.25) is 0 Å². The van der Waals surface area contributed by atoms with Crippen LogP contribution >= 0.6 is 0 Å². The topological polar surface area (TPSA) is 37.3 Å². The third-order valence-corrected chi connectivity index (χ3v) is 1.63. The standard InChI is InChI=1S/C7H6O2.C6H5.Cd.Y/c8-7(9)6-4-2-1-3-5-6;1-2-4-6-5-3-1;;/h1-5H,(H,8,9);1-5H;;/q;-1;;. The van der Waals surface area contributed by atoms with E-state index in [0.717, 1.165) is 0 Å². The molecular formula is C13H11CdO2Y-. The zero-order chi connectivity index (χ0) is 10.9. The molecule has 1 N–H and O–H groups in total. The number of hydrogen-bond acceptors (Lipinski definition) is 1. The van der Waals surface area contributed by atoms with Crippen molar-refractivity contribution in [3.8, 4) is 0 Å². The summed E-state index contributed by atoms with van der Waals surface area (Å²) in [5.41, 5.74) is 0.331. The van der Waals surface area contributed by atoms with E-state index in [1.165, 1.54) is 0 Å². The van der Waals surface area contributed by atoms with Gasteiger partial charge in [0.15, 0.2) is 0 Å². The van der Waals surface area contributed by atoms with E-state index >= 15 is 0 Å². The molecule has 1 radical (unpaired) electrons. The second-order valence-electron chi connectivity index (χ2n) is 2.75. The first-order chi connectivity index (χ1) is 7.30. The Hall–Kier alpha value is -0.0640. The van der Waals surface area contributed by atoms with Crippen molar-refractivity contribution in [3.63, 3.8) is 0 Å². The predicted molar refractivity (Wildman–Crippen MR) is 58.7 cm³/mol. The maximum atomic E-state index is 10.2. The summed E-state index contributed by atoms with van der Waals surface area (Å²) in [5.74, 6) is -0.879. The number of hydrogen-bond donors (Lipinski definition) is 1. The van der Waals surface area contributed by atoms with Gasteiger partial charge in [-0.2, -0.15) is 36.4 Å². The SMILES string of the molecule is O=C(O)c1ccccc1.[Cd].[Y].[c-]1ccccc1. The number of benzene rings is 2. The van der Waals surface area contributed by atoms with Crippen LogP contribution < -0.4 is 0 Å². The second kappa shape index (κ2) is 12.4. The third-order valence-electron chi connectivity index (χ3n) is 1.63. The predicted octanol–water partition coefficient (Wildman–Crippen LogP) is 2.87. The Morgan fingerprint density at radius 1 is 0.941 bits per heavy atom. The molecule has 0 aliphatic carbocycles. The Morgan fingerprint density at radius 2 is 1.41 bits per heavy atom. The maximum absolute atomic E-state index is 10.2. The molecule has 0 aliphatic rings. The summed E-state index contributed by atoms with van der Waals surface area (Å²) in [6.45, 7) is 0. The Bertz CT molecular complexity index is 366. The van der Waals surface area contributed by atoms with Gasteiger partial charge in [-0.05, 0) is 12.1 Å². The van der Waals surface area contributed by atoms with Crippen molar-refractivity contribution in [2.45, 2.75) is 0 Å². The summed E-state index contributed by atoms with van der Waals surface area (Å²) in [7, 11) is 0. The van der Waals surface area contributed by atoms with Gasteiger partial charge in [-0.1, -0.05) is 18.2 Å². The van der Waals surface area contributed by atoms with Crippen LogP contribution in [0.25, 0.3) is 0 Å². The van der Waals surface area contributed by atoms with Crippen molar-refractivity contribution in [1.29, 1.82) is 0 Å². The number of carboxylic acid groups (broad SMARTS) is 1. The molecular weight excluding hydrogens is 389 g/mol. The minimum atomic E-state index is -0.879. The van der Waals surface area contributed by atoms with E-state index in [0.29, 0.717) is 5.56 Å². The van der Waals surface area contributed by atoms with Crippen molar-refractivity contribution in [3.05, 3.63) is 72.3 Å². The molecule has 0 unspecified atom stereocenters. The molecule has 0 saturated carbocycles. The Morgan fingerprint density at radius 3 is 1.65 bits per heavy atom. The van der Waals surface area contributed by atoms with Crippen molar-refractivity contribution in [1.82, 2.24) is 0 Å². The maximum Gasteiger partial charge on any atom is 0.335 e. The molecule has 0 spiro atoms. The zero-order valence-corrected chi connectivity index (χ0v) is 16.3. The van der Waals surface area contributed by atoms with Gasteiger partial charge in [-0.15, -0.1) is 0 Å². The van der Waals surface area contributed by atoms with Crippen LogP contribution in [-0.2, 0) is 60.0 Å². The molecule has 4 heteroatoms. The molecule has 0 atom stereocenters. The van der Waals surface area contributed by atoms with Crippen molar-refractivity contribution < 1.29 is 69.9 Å². The fourth-order valence-electron chi connectivity index (χ4n) is 0.923. The summed E-state index contributed by atoms with van der Waals surface area (Å²) < 4.78 is 0. The van der Waals surface area contributed by atoms with Gasteiger partial charge in [0.1, 0.15) is 0 Å². The van der Waals surface area contributed by atoms with Crippen LogP contribution in [0, 0.1) is 6.07 Å². The molecule has 0 amide bonds. The molecule has 2 rings (SSSR count). The molecule has 0 aliphatic heterocycles. The van der Waals surface area contributed by atoms with Gasteiger partial charge >= 0.3 is 5.97 Å². The van der Waals surface area contributed by atoms with Gasteiger partial charge in [-0.25, -0.2) is 4.79 Å². The van der Waals surface area contributed by atoms with E-state index in [1.807, 2.05) is 30.3 Å². The molecule has 81 valence electrons. The van der Waals surface area contributed by atoms with E-state index in [9.17, 15) is 4.79 Å². The van der Waals surface area contributed by atoms with Crippen LogP contribution in [0.5, 0.6) is 0 Å². The summed E-state index contributed by atoms with van der Waals surface area (Å²) in [4.78, 5) is 10.2. The fraction of sp³-hybridized carbons (Fsp3) is 0. The van der Waals surface area contributed by atoms with E-state index < -0.39 is 5.97 Å². The smallest absolute Gasteiger partial charge is 0.335 e. The first kappa shape index (κ1) is 19.3. The molecule has 0 aromatic heterocycles. The Kier molecular flexibility index (Phi) is 14.1. The van der Waals surface area contributed by atoms with Gasteiger partial charge in [0.25, 0.3) is 0 Å². The van der Waals surface area contributed by atoms with E-state index in [1.54, 1.807) is 30.3 Å². The summed E-state index contributed by atoms with van der Waals surface area (Å²) >= 11 is 0. The third kappa shape index (κ3) is 9.62. The normalized spacial score (nSPS) is 7.53. The molecule has 2 nitrogen and oxygen atoms in total. The van der Waals surface area contributed by atoms with Crippen LogP contribution in [0.15, 0.2) is 60.7 Å². The minimum Gasteiger partial charge on any atom is -0.478 e. The molecule has 0 fully saturated rings. The second-order valence-corrected chi connectivity index (χ2v) is 2.75. The Balaban J connectivity index is 0. The monoisotopic (exact) mass is 402 g/mol. The quantitative estimate of drug-likeness (QED) is 0.590. The van der Waals surface area contributed by atoms with E-state index in [4.69, 9.17) is 5.11 Å². The van der Waals surface area contributed by atoms with Gasteiger partial charge < -0.3 is 5.11 Å². The van der Waals surface area contributed by atoms with Crippen LogP contribution in [0.3, 0.4) is 0 Å². The molecule has 0 bridgehead atoms. The van der Waals surface area contributed by atoms with Crippen LogP contribution in [0.1, 0.15) is 10.4 Å². The summed E-state index contributed by atoms with van der Waals surface area (Å²) in [5, 5.41) is 8.38. The largest absolute Gasteiger partial charge is 0.478 e. The first-order valence-electron chi connectivity index (χ1n) is 4.50. The minimum absolute atomic E-state index is 0. The van der Waals surface area contributed by atoms with Crippen LogP contribution in [0.2, 0.25) is 0 Å². The van der Waals surface area contributed by atoms with Gasteiger partial charge in [0, 0.05) is 60.0 Å². The van der Waals surface area contributed by atoms with E-state index in [2.05, 4.69) is 6.07 Å². The summed E-state index contributed by atoms with van der Waals surface area (Å²) in [6.07, 6.45) is 0. The molecule has 17 heavy (non-hydrogen) atoms. The van der Waals surface area contributed by atoms with Crippen molar-refractivity contribution >= 4 is 5.97 Å². The average Bonchev–Trinajstić information content (AvgIpc) is 2.33. The summed E-state index contributed by atoms with van der Waals surface area (Å²) in [6, 6.07) is 20.8. The molecule has 2 aromatic rings. The fourth-order valence-corrected chi connectivity index (χ4v) is 0.923. The van der Waals surface area contributed by atoms with Gasteiger partial charge in [-0.3, -0.25) is 0 Å². The number of rotatable bonds is 1. The number of aromatic carboxylic acids is 1. The van der Waals surface area contributed by atoms with Gasteiger partial charge in [0.05, 0.1) is 5.56 Å². The van der Waals surface area contributed by atoms with Crippen molar-refractivity contribution in [2.75, 3.05) is 0 Å². The van der Waals surface area contributed by atoms with E-state index in [-0.39, 0.29) is 60.0 Å². The molecule has 0 heterocycles. The average molecular weight is 401 g/mol. The van der Waals surface area contributed by atoms with Crippen LogP contribution in [0.4, 0.5) is 0 Å². The number of carboxylic acids is 1. The molecule has 0 saturated heterocycles. The molecule has 2 aromatic carbocycles. The Labute approximate surface area is 146 Å². The zero-order valence-electron chi connectivity index (χ0n) is 9.41.